The summed E-state index contributed by atoms with van der Waals surface area (Å²) in [5.41, 5.74) is 5.71. The van der Waals surface area contributed by atoms with Crippen LogP contribution in [0, 0.1) is 13.8 Å². The number of nitrogens with zero attached hydrogens (tertiary/aromatic N) is 1. The van der Waals surface area contributed by atoms with Crippen LogP contribution in [0.4, 0.5) is 0 Å². The minimum absolute atomic E-state index is 0.752. The van der Waals surface area contributed by atoms with Crippen LogP contribution in [0.3, 0.4) is 0 Å². The molecule has 0 unspecified atom stereocenters. The Morgan fingerprint density at radius 2 is 1.80 bits per heavy atom. The molecule has 1 heterocycles. The van der Waals surface area contributed by atoms with Gasteiger partial charge in [-0.3, -0.25) is 4.79 Å². The van der Waals surface area contributed by atoms with Gasteiger partial charge in [-0.1, -0.05) is 41.5 Å². The van der Waals surface area contributed by atoms with E-state index >= 15 is 0 Å². The molecule has 3 rings (SSSR count). The second-order valence-corrected chi connectivity index (χ2v) is 5.34. The number of hydrogen-bond acceptors (Lipinski definition) is 1. The number of carbonyl (C=O) groups excluding carboxylic acids is 1. The molecule has 0 bridgehead atoms. The van der Waals surface area contributed by atoms with Crippen molar-refractivity contribution in [2.45, 2.75) is 20.4 Å². The molecule has 0 fully saturated rings. The second kappa shape index (κ2) is 4.97. The largest absolute Gasteiger partial charge is 0.343 e. The molecule has 1 aromatic heterocycles. The van der Waals surface area contributed by atoms with Gasteiger partial charge >= 0.3 is 0 Å². The predicted molar refractivity (Wildman–Crippen MR) is 82.3 cm³/mol. The number of hydrogen-bond donors (Lipinski definition) is 0. The van der Waals surface area contributed by atoms with Crippen LogP contribution in [0.5, 0.6) is 0 Å². The van der Waals surface area contributed by atoms with Crippen LogP contribution in [0.1, 0.15) is 27.0 Å². The summed E-state index contributed by atoms with van der Waals surface area (Å²) in [5, 5.41) is 1.02. The van der Waals surface area contributed by atoms with Gasteiger partial charge in [0.1, 0.15) is 0 Å². The Labute approximate surface area is 118 Å². The summed E-state index contributed by atoms with van der Waals surface area (Å²) in [6.07, 6.45) is 2.97. The minimum Gasteiger partial charge on any atom is -0.343 e. The van der Waals surface area contributed by atoms with Crippen molar-refractivity contribution < 1.29 is 4.79 Å². The van der Waals surface area contributed by atoms with E-state index in [9.17, 15) is 4.79 Å². The first-order chi connectivity index (χ1) is 9.67. The standard InChI is InChI=1S/C18H17NO/c1-13-8-14(2)10-15(9-13)11-19-7-6-17-16(12-20)4-3-5-18(17)19/h3-10,12H,11H2,1-2H3. The van der Waals surface area contributed by atoms with Gasteiger partial charge in [0, 0.05) is 29.2 Å². The third kappa shape index (κ3) is 2.25. The number of fused-ring (bicyclic) bond motifs is 1. The van der Waals surface area contributed by atoms with Crippen LogP contribution in [0.15, 0.2) is 48.7 Å². The van der Waals surface area contributed by atoms with Gasteiger partial charge < -0.3 is 4.57 Å². The van der Waals surface area contributed by atoms with Crippen molar-refractivity contribution in [3.63, 3.8) is 0 Å². The molecule has 0 aliphatic heterocycles. The molecule has 0 saturated heterocycles. The summed E-state index contributed by atoms with van der Waals surface area (Å²) < 4.78 is 2.19. The molecule has 0 amide bonds. The highest BCUT2D eigenvalue weighted by Crippen LogP contribution is 2.21. The predicted octanol–water partition coefficient (Wildman–Crippen LogP) is 4.12. The summed E-state index contributed by atoms with van der Waals surface area (Å²) in [4.78, 5) is 11.1. The summed E-state index contributed by atoms with van der Waals surface area (Å²) in [6, 6.07) is 14.5. The van der Waals surface area contributed by atoms with Crippen molar-refractivity contribution in [3.8, 4) is 0 Å². The lowest BCUT2D eigenvalue weighted by Crippen LogP contribution is -1.99. The zero-order valence-corrected chi connectivity index (χ0v) is 11.8. The van der Waals surface area contributed by atoms with E-state index in [1.807, 2.05) is 18.2 Å². The van der Waals surface area contributed by atoms with E-state index in [0.717, 1.165) is 29.3 Å². The van der Waals surface area contributed by atoms with Crippen LogP contribution in [-0.2, 0) is 6.54 Å². The highest BCUT2D eigenvalue weighted by atomic mass is 16.1. The van der Waals surface area contributed by atoms with Gasteiger partial charge in [-0.25, -0.2) is 0 Å². The average molecular weight is 263 g/mol. The van der Waals surface area contributed by atoms with Gasteiger partial charge in [0.2, 0.25) is 0 Å². The van der Waals surface area contributed by atoms with Crippen molar-refractivity contribution in [1.29, 1.82) is 0 Å². The lowest BCUT2D eigenvalue weighted by molar-refractivity contribution is 0.112. The minimum atomic E-state index is 0.752. The maximum absolute atomic E-state index is 11.1. The average Bonchev–Trinajstić information content (AvgIpc) is 2.81. The molecule has 0 N–H and O–H groups in total. The Hall–Kier alpha value is -2.35. The first kappa shape index (κ1) is 12.7. The number of carbonyl (C=O) groups is 1. The monoisotopic (exact) mass is 263 g/mol. The number of rotatable bonds is 3. The number of aromatic nitrogens is 1. The Morgan fingerprint density at radius 1 is 1.05 bits per heavy atom. The second-order valence-electron chi connectivity index (χ2n) is 5.34. The van der Waals surface area contributed by atoms with Crippen molar-refractivity contribution in [2.24, 2.45) is 0 Å². The Bertz CT molecular complexity index is 763. The quantitative estimate of drug-likeness (QED) is 0.651. The smallest absolute Gasteiger partial charge is 0.150 e. The Morgan fingerprint density at radius 3 is 2.50 bits per heavy atom. The molecule has 0 aliphatic rings. The van der Waals surface area contributed by atoms with E-state index in [-0.39, 0.29) is 0 Å². The molecule has 2 aromatic carbocycles. The van der Waals surface area contributed by atoms with Crippen molar-refractivity contribution in [1.82, 2.24) is 4.57 Å². The fourth-order valence-corrected chi connectivity index (χ4v) is 2.84. The lowest BCUT2D eigenvalue weighted by atomic mass is 10.1. The molecule has 3 aromatic rings. The first-order valence-corrected chi connectivity index (χ1v) is 6.77. The van der Waals surface area contributed by atoms with Crippen LogP contribution in [-0.4, -0.2) is 10.9 Å². The zero-order chi connectivity index (χ0) is 14.1. The molecule has 20 heavy (non-hydrogen) atoms. The molecule has 100 valence electrons. The Kier molecular flexibility index (Phi) is 3.15. The number of benzene rings is 2. The van der Waals surface area contributed by atoms with Gasteiger partial charge in [-0.05, 0) is 31.5 Å². The normalized spacial score (nSPS) is 10.9. The van der Waals surface area contributed by atoms with Gasteiger partial charge in [-0.15, -0.1) is 0 Å². The molecule has 0 atom stereocenters. The molecular weight excluding hydrogens is 246 g/mol. The van der Waals surface area contributed by atoms with Gasteiger partial charge in [0.25, 0.3) is 0 Å². The SMILES string of the molecule is Cc1cc(C)cc(Cn2ccc3c(C=O)cccc32)c1. The number of aldehydes is 1. The van der Waals surface area contributed by atoms with E-state index < -0.39 is 0 Å². The van der Waals surface area contributed by atoms with E-state index in [1.165, 1.54) is 16.7 Å². The van der Waals surface area contributed by atoms with Crippen LogP contribution in [0.25, 0.3) is 10.9 Å². The fraction of sp³-hybridized carbons (Fsp3) is 0.167. The molecule has 2 heteroatoms. The molecule has 0 radical (unpaired) electrons. The first-order valence-electron chi connectivity index (χ1n) is 6.77. The van der Waals surface area contributed by atoms with Crippen LogP contribution < -0.4 is 0 Å². The summed E-state index contributed by atoms with van der Waals surface area (Å²) >= 11 is 0. The highest BCUT2D eigenvalue weighted by Gasteiger charge is 2.05. The molecular formula is C18H17NO. The molecule has 0 saturated carbocycles. The van der Waals surface area contributed by atoms with Crippen LogP contribution >= 0.6 is 0 Å². The van der Waals surface area contributed by atoms with E-state index in [0.29, 0.717) is 0 Å². The van der Waals surface area contributed by atoms with Gasteiger partial charge in [0.05, 0.1) is 0 Å². The zero-order valence-electron chi connectivity index (χ0n) is 11.8. The van der Waals surface area contributed by atoms with Crippen LogP contribution in [0.2, 0.25) is 0 Å². The topological polar surface area (TPSA) is 22.0 Å². The molecule has 2 nitrogen and oxygen atoms in total. The molecule has 0 spiro atoms. The summed E-state index contributed by atoms with van der Waals surface area (Å²) in [7, 11) is 0. The third-order valence-corrected chi connectivity index (χ3v) is 3.61. The Balaban J connectivity index is 2.05. The van der Waals surface area contributed by atoms with E-state index in [4.69, 9.17) is 0 Å². The molecule has 0 aliphatic carbocycles. The lowest BCUT2D eigenvalue weighted by Gasteiger charge is -2.08. The van der Waals surface area contributed by atoms with E-state index in [2.05, 4.69) is 48.9 Å². The maximum Gasteiger partial charge on any atom is 0.150 e. The fourth-order valence-electron chi connectivity index (χ4n) is 2.84. The summed E-state index contributed by atoms with van der Waals surface area (Å²) in [5.74, 6) is 0. The van der Waals surface area contributed by atoms with Crippen molar-refractivity contribution >= 4 is 17.2 Å². The van der Waals surface area contributed by atoms with Gasteiger partial charge in [-0.2, -0.15) is 0 Å². The highest BCUT2D eigenvalue weighted by molar-refractivity contribution is 5.97. The van der Waals surface area contributed by atoms with E-state index in [1.54, 1.807) is 0 Å². The van der Waals surface area contributed by atoms with Crippen molar-refractivity contribution in [2.75, 3.05) is 0 Å². The number of aryl methyl sites for hydroxylation is 2. The van der Waals surface area contributed by atoms with Gasteiger partial charge in [0.15, 0.2) is 6.29 Å². The van der Waals surface area contributed by atoms with Crippen molar-refractivity contribution in [3.05, 3.63) is 70.9 Å². The maximum atomic E-state index is 11.1. The third-order valence-electron chi connectivity index (χ3n) is 3.61. The summed E-state index contributed by atoms with van der Waals surface area (Å²) in [6.45, 7) is 5.07.